The molecular weight excluding hydrogens is 296 g/mol. The summed E-state index contributed by atoms with van der Waals surface area (Å²) in [6.07, 6.45) is 0. The van der Waals surface area contributed by atoms with Crippen LogP contribution < -0.4 is 4.90 Å². The molecule has 0 aromatic heterocycles. The van der Waals surface area contributed by atoms with Crippen molar-refractivity contribution in [2.24, 2.45) is 0 Å². The van der Waals surface area contributed by atoms with Gasteiger partial charge in [0.25, 0.3) is 0 Å². The van der Waals surface area contributed by atoms with Crippen LogP contribution in [0.15, 0.2) is 54.6 Å². The third-order valence-electron chi connectivity index (χ3n) is 4.54. The molecule has 0 saturated carbocycles. The molecule has 0 spiro atoms. The van der Waals surface area contributed by atoms with Crippen LogP contribution in [0.5, 0.6) is 0 Å². The molecule has 3 heteroatoms. The van der Waals surface area contributed by atoms with Crippen molar-refractivity contribution in [3.63, 3.8) is 0 Å². The number of aliphatic hydroxyl groups is 1. The first-order chi connectivity index (χ1) is 11.8. The van der Waals surface area contributed by atoms with Gasteiger partial charge in [-0.2, -0.15) is 0 Å². The Kier molecular flexibility index (Phi) is 5.53. The van der Waals surface area contributed by atoms with Gasteiger partial charge in [-0.15, -0.1) is 0 Å². The SMILES string of the molecule is C[C@H]1CN(c2ccccc2)CCN1Cc1ccc(C#CCO)cc1. The zero-order valence-corrected chi connectivity index (χ0v) is 14.2. The molecular formula is C21H24N2O. The van der Waals surface area contributed by atoms with Crippen LogP contribution in [0.3, 0.4) is 0 Å². The van der Waals surface area contributed by atoms with Gasteiger partial charge in [0.1, 0.15) is 6.61 Å². The van der Waals surface area contributed by atoms with Crippen LogP contribution in [0.2, 0.25) is 0 Å². The van der Waals surface area contributed by atoms with Crippen molar-refractivity contribution in [3.05, 3.63) is 65.7 Å². The standard InChI is InChI=1S/C21H24N2O/c1-18-16-23(21-7-3-2-4-8-21)14-13-22(18)17-20-11-9-19(10-12-20)6-5-15-24/h2-4,7-12,18,24H,13-17H2,1H3/t18-/m0/s1. The third-order valence-corrected chi connectivity index (χ3v) is 4.54. The lowest BCUT2D eigenvalue weighted by Crippen LogP contribution is -2.51. The fraction of sp³-hybridized carbons (Fsp3) is 0.333. The Balaban J connectivity index is 1.59. The minimum atomic E-state index is -0.0923. The van der Waals surface area contributed by atoms with Crippen molar-refractivity contribution >= 4 is 5.69 Å². The average Bonchev–Trinajstić information content (AvgIpc) is 2.63. The maximum atomic E-state index is 8.75. The second-order valence-electron chi connectivity index (χ2n) is 6.26. The molecule has 2 aromatic carbocycles. The van der Waals surface area contributed by atoms with E-state index in [2.05, 4.69) is 71.0 Å². The lowest BCUT2D eigenvalue weighted by molar-refractivity contribution is 0.181. The maximum absolute atomic E-state index is 8.75. The van der Waals surface area contributed by atoms with Crippen molar-refractivity contribution in [1.29, 1.82) is 0 Å². The van der Waals surface area contributed by atoms with E-state index in [1.54, 1.807) is 0 Å². The second kappa shape index (κ2) is 8.01. The summed E-state index contributed by atoms with van der Waals surface area (Å²) in [5.74, 6) is 5.62. The van der Waals surface area contributed by atoms with E-state index in [1.807, 2.05) is 12.1 Å². The summed E-state index contributed by atoms with van der Waals surface area (Å²) in [6, 6.07) is 19.5. The number of hydrogen-bond donors (Lipinski definition) is 1. The molecule has 2 aromatic rings. The van der Waals surface area contributed by atoms with Gasteiger partial charge in [0.05, 0.1) is 0 Å². The lowest BCUT2D eigenvalue weighted by Gasteiger charge is -2.41. The molecule has 3 nitrogen and oxygen atoms in total. The van der Waals surface area contributed by atoms with Crippen molar-refractivity contribution in [1.82, 2.24) is 4.90 Å². The van der Waals surface area contributed by atoms with Gasteiger partial charge in [-0.05, 0) is 36.8 Å². The highest BCUT2D eigenvalue weighted by molar-refractivity contribution is 5.46. The number of nitrogens with zero attached hydrogens (tertiary/aromatic N) is 2. The van der Waals surface area contributed by atoms with E-state index in [-0.39, 0.29) is 6.61 Å². The van der Waals surface area contributed by atoms with Gasteiger partial charge in [0.15, 0.2) is 0 Å². The Morgan fingerprint density at radius 1 is 1.04 bits per heavy atom. The normalized spacial score (nSPS) is 18.1. The highest BCUT2D eigenvalue weighted by Crippen LogP contribution is 2.20. The van der Waals surface area contributed by atoms with E-state index >= 15 is 0 Å². The maximum Gasteiger partial charge on any atom is 0.104 e. The van der Waals surface area contributed by atoms with E-state index in [0.29, 0.717) is 6.04 Å². The number of anilines is 1. The van der Waals surface area contributed by atoms with Crippen LogP contribution in [0.4, 0.5) is 5.69 Å². The highest BCUT2D eigenvalue weighted by Gasteiger charge is 2.23. The number of benzene rings is 2. The zero-order valence-electron chi connectivity index (χ0n) is 14.2. The van der Waals surface area contributed by atoms with Crippen LogP contribution in [0.1, 0.15) is 18.1 Å². The molecule has 1 atom stereocenters. The van der Waals surface area contributed by atoms with E-state index in [4.69, 9.17) is 5.11 Å². The van der Waals surface area contributed by atoms with E-state index < -0.39 is 0 Å². The minimum absolute atomic E-state index is 0.0923. The van der Waals surface area contributed by atoms with Gasteiger partial charge in [-0.25, -0.2) is 0 Å². The summed E-state index contributed by atoms with van der Waals surface area (Å²) < 4.78 is 0. The average molecular weight is 320 g/mol. The van der Waals surface area contributed by atoms with Gasteiger partial charge in [0, 0.05) is 43.5 Å². The number of aliphatic hydroxyl groups excluding tert-OH is 1. The minimum Gasteiger partial charge on any atom is -0.384 e. The van der Waals surface area contributed by atoms with Gasteiger partial charge >= 0.3 is 0 Å². The Morgan fingerprint density at radius 2 is 1.79 bits per heavy atom. The monoisotopic (exact) mass is 320 g/mol. The van der Waals surface area contributed by atoms with Crippen molar-refractivity contribution in [2.45, 2.75) is 19.5 Å². The van der Waals surface area contributed by atoms with E-state index in [1.165, 1.54) is 11.3 Å². The quantitative estimate of drug-likeness (QED) is 0.881. The number of piperazine rings is 1. The number of rotatable bonds is 3. The predicted molar refractivity (Wildman–Crippen MR) is 98.9 cm³/mol. The third kappa shape index (κ3) is 4.17. The summed E-state index contributed by atoms with van der Waals surface area (Å²) in [7, 11) is 0. The van der Waals surface area contributed by atoms with Crippen molar-refractivity contribution < 1.29 is 5.11 Å². The first-order valence-electron chi connectivity index (χ1n) is 8.49. The Hall–Kier alpha value is -2.28. The number of para-hydroxylation sites is 1. The summed E-state index contributed by atoms with van der Waals surface area (Å²) in [5.41, 5.74) is 3.58. The van der Waals surface area contributed by atoms with Crippen LogP contribution in [-0.4, -0.2) is 42.3 Å². The highest BCUT2D eigenvalue weighted by atomic mass is 16.2. The first kappa shape index (κ1) is 16.6. The largest absolute Gasteiger partial charge is 0.384 e. The second-order valence-corrected chi connectivity index (χ2v) is 6.26. The van der Waals surface area contributed by atoms with Crippen molar-refractivity contribution in [3.8, 4) is 11.8 Å². The van der Waals surface area contributed by atoms with Crippen LogP contribution in [0, 0.1) is 11.8 Å². The molecule has 0 bridgehead atoms. The molecule has 0 amide bonds. The lowest BCUT2D eigenvalue weighted by atomic mass is 10.1. The van der Waals surface area contributed by atoms with Gasteiger partial charge in [0.2, 0.25) is 0 Å². The first-order valence-corrected chi connectivity index (χ1v) is 8.49. The topological polar surface area (TPSA) is 26.7 Å². The summed E-state index contributed by atoms with van der Waals surface area (Å²) in [4.78, 5) is 5.00. The van der Waals surface area contributed by atoms with Gasteiger partial charge in [-0.3, -0.25) is 4.90 Å². The summed E-state index contributed by atoms with van der Waals surface area (Å²) >= 11 is 0. The Bertz CT molecular complexity index is 700. The molecule has 1 aliphatic rings. The smallest absolute Gasteiger partial charge is 0.104 e. The Morgan fingerprint density at radius 3 is 2.46 bits per heavy atom. The van der Waals surface area contributed by atoms with Crippen LogP contribution in [0.25, 0.3) is 0 Å². The fourth-order valence-corrected chi connectivity index (χ4v) is 3.17. The molecule has 1 heterocycles. The van der Waals surface area contributed by atoms with Crippen LogP contribution in [-0.2, 0) is 6.54 Å². The molecule has 3 rings (SSSR count). The van der Waals surface area contributed by atoms with Crippen molar-refractivity contribution in [2.75, 3.05) is 31.1 Å². The molecule has 24 heavy (non-hydrogen) atoms. The molecule has 0 radical (unpaired) electrons. The molecule has 1 aliphatic heterocycles. The molecule has 0 aliphatic carbocycles. The molecule has 1 fully saturated rings. The molecule has 1 saturated heterocycles. The van der Waals surface area contributed by atoms with Crippen LogP contribution >= 0.6 is 0 Å². The van der Waals surface area contributed by atoms with Gasteiger partial charge < -0.3 is 10.0 Å². The summed E-state index contributed by atoms with van der Waals surface area (Å²) in [6.45, 7) is 6.37. The van der Waals surface area contributed by atoms with E-state index in [9.17, 15) is 0 Å². The molecule has 0 unspecified atom stereocenters. The fourth-order valence-electron chi connectivity index (χ4n) is 3.17. The summed E-state index contributed by atoms with van der Waals surface area (Å²) in [5, 5.41) is 8.75. The molecule has 124 valence electrons. The Labute approximate surface area is 144 Å². The number of hydrogen-bond acceptors (Lipinski definition) is 3. The zero-order chi connectivity index (χ0) is 16.8. The predicted octanol–water partition coefficient (Wildman–Crippen LogP) is 2.74. The molecule has 1 N–H and O–H groups in total. The van der Waals surface area contributed by atoms with E-state index in [0.717, 1.165) is 31.7 Å². The van der Waals surface area contributed by atoms with Gasteiger partial charge in [-0.1, -0.05) is 42.2 Å².